The Morgan fingerprint density at radius 1 is 0.500 bits per heavy atom. The van der Waals surface area contributed by atoms with Gasteiger partial charge in [0.1, 0.15) is 0 Å². The minimum absolute atomic E-state index is 0.331. The Hall–Kier alpha value is 0.548. The summed E-state index contributed by atoms with van der Waals surface area (Å²) in [7, 11) is -12.1. The number of hydrogen-bond acceptors (Lipinski definition) is 8. The molecule has 120 valence electrons. The third-order valence-corrected chi connectivity index (χ3v) is 19.0. The Labute approximate surface area is 122 Å². The summed E-state index contributed by atoms with van der Waals surface area (Å²) in [5.41, 5.74) is 0. The van der Waals surface area contributed by atoms with Crippen LogP contribution in [-0.4, -0.2) is 79.6 Å². The van der Waals surface area contributed by atoms with Gasteiger partial charge in [-0.05, 0) is 26.2 Å². The molecule has 0 aromatic heterocycles. The highest BCUT2D eigenvalue weighted by atomic mass is 28.5. The third kappa shape index (κ3) is 4.28. The summed E-state index contributed by atoms with van der Waals surface area (Å²) in [6.07, 6.45) is -1.32. The van der Waals surface area contributed by atoms with Crippen LogP contribution in [0.25, 0.3) is 0 Å². The van der Waals surface area contributed by atoms with Crippen LogP contribution in [0.4, 0.5) is 0 Å². The molecule has 0 aliphatic carbocycles. The highest BCUT2D eigenvalue weighted by molar-refractivity contribution is 6.93. The molecule has 1 aliphatic rings. The molecule has 1 aliphatic heterocycles. The molecule has 1 saturated heterocycles. The van der Waals surface area contributed by atoms with Crippen molar-refractivity contribution in [2.75, 3.05) is 24.9 Å². The van der Waals surface area contributed by atoms with Gasteiger partial charge in [-0.3, -0.25) is 0 Å². The molecule has 1 rings (SSSR count). The second kappa shape index (κ2) is 6.35. The van der Waals surface area contributed by atoms with Crippen molar-refractivity contribution in [1.82, 2.24) is 0 Å². The van der Waals surface area contributed by atoms with E-state index in [0.717, 1.165) is 0 Å². The Balaban J connectivity index is 3.18. The van der Waals surface area contributed by atoms with Crippen LogP contribution in [0, 0.1) is 0 Å². The second-order valence-corrected chi connectivity index (χ2v) is 19.2. The molecular formula is C8H24O8Si4. The normalized spacial score (nSPS) is 46.8. The van der Waals surface area contributed by atoms with Crippen LogP contribution < -0.4 is 0 Å². The summed E-state index contributed by atoms with van der Waals surface area (Å²) >= 11 is 0. The molecule has 0 radical (unpaired) electrons. The standard InChI is InChI=1S/C8H24O8Si4/c1-17(5-9)13-18(2,6-10)15-20(4,8-12)16-19(3,7-11)14-17/h9-12H,5-8H2,1-4H3. The van der Waals surface area contributed by atoms with Crippen LogP contribution in [0.1, 0.15) is 0 Å². The maximum Gasteiger partial charge on any atom is 0.343 e. The predicted octanol–water partition coefficient (Wildman–Crippen LogP) is -1.52. The van der Waals surface area contributed by atoms with Gasteiger partial charge in [-0.15, -0.1) is 0 Å². The summed E-state index contributed by atoms with van der Waals surface area (Å²) in [6.45, 7) is 6.57. The van der Waals surface area contributed by atoms with Gasteiger partial charge in [0.05, 0.1) is 24.9 Å². The molecule has 0 bridgehead atoms. The van der Waals surface area contributed by atoms with Crippen molar-refractivity contribution < 1.29 is 36.9 Å². The van der Waals surface area contributed by atoms with Crippen LogP contribution in [0.2, 0.25) is 26.2 Å². The maximum atomic E-state index is 9.55. The number of rotatable bonds is 4. The van der Waals surface area contributed by atoms with Gasteiger partial charge >= 0.3 is 34.2 Å². The molecule has 4 N–H and O–H groups in total. The number of aliphatic hydroxyl groups is 4. The van der Waals surface area contributed by atoms with Crippen molar-refractivity contribution in [3.05, 3.63) is 0 Å². The van der Waals surface area contributed by atoms with E-state index in [1.54, 1.807) is 26.2 Å². The monoisotopic (exact) mass is 360 g/mol. The average molecular weight is 361 g/mol. The summed E-state index contributed by atoms with van der Waals surface area (Å²) in [5, 5.41) is 38.2. The molecule has 0 amide bonds. The lowest BCUT2D eigenvalue weighted by atomic mass is 11.7. The summed E-state index contributed by atoms with van der Waals surface area (Å²) < 4.78 is 23.4. The van der Waals surface area contributed by atoms with Gasteiger partial charge in [-0.25, -0.2) is 0 Å². The topological polar surface area (TPSA) is 118 Å². The zero-order chi connectivity index (χ0) is 15.7. The third-order valence-electron chi connectivity index (χ3n) is 2.88. The Morgan fingerprint density at radius 3 is 0.750 bits per heavy atom. The van der Waals surface area contributed by atoms with E-state index in [1.165, 1.54) is 0 Å². The fraction of sp³-hybridized carbons (Fsp3) is 1.00. The number of aliphatic hydroxyl groups excluding tert-OH is 4. The Bertz CT molecular complexity index is 270. The van der Waals surface area contributed by atoms with Crippen molar-refractivity contribution in [3.63, 3.8) is 0 Å². The van der Waals surface area contributed by atoms with E-state index < -0.39 is 34.2 Å². The van der Waals surface area contributed by atoms with E-state index in [1.807, 2.05) is 0 Å². The van der Waals surface area contributed by atoms with E-state index in [0.29, 0.717) is 0 Å². The van der Waals surface area contributed by atoms with Crippen LogP contribution in [0.3, 0.4) is 0 Å². The van der Waals surface area contributed by atoms with Crippen molar-refractivity contribution in [3.8, 4) is 0 Å². The summed E-state index contributed by atoms with van der Waals surface area (Å²) in [5.74, 6) is 0. The largest absolute Gasteiger partial charge is 0.413 e. The minimum Gasteiger partial charge on any atom is -0.413 e. The fourth-order valence-electron chi connectivity index (χ4n) is 2.17. The van der Waals surface area contributed by atoms with Gasteiger partial charge in [-0.1, -0.05) is 0 Å². The van der Waals surface area contributed by atoms with Crippen LogP contribution >= 0.6 is 0 Å². The Kier molecular flexibility index (Phi) is 5.90. The van der Waals surface area contributed by atoms with Crippen molar-refractivity contribution in [2.24, 2.45) is 0 Å². The van der Waals surface area contributed by atoms with Crippen LogP contribution in [0.15, 0.2) is 0 Å². The zero-order valence-electron chi connectivity index (χ0n) is 12.3. The van der Waals surface area contributed by atoms with Crippen molar-refractivity contribution in [2.45, 2.75) is 26.2 Å². The second-order valence-electron chi connectivity index (χ2n) is 5.58. The van der Waals surface area contributed by atoms with E-state index in [2.05, 4.69) is 0 Å². The SMILES string of the molecule is C[Si]1(CO)O[Si](C)(CO)O[Si](C)(CO)O[Si](C)(CO)O1. The van der Waals surface area contributed by atoms with Crippen molar-refractivity contribution >= 4 is 34.2 Å². The van der Waals surface area contributed by atoms with Crippen molar-refractivity contribution in [1.29, 1.82) is 0 Å². The maximum absolute atomic E-state index is 9.55. The van der Waals surface area contributed by atoms with Gasteiger partial charge in [0.2, 0.25) is 0 Å². The molecule has 0 unspecified atom stereocenters. The molecule has 8 nitrogen and oxygen atoms in total. The van der Waals surface area contributed by atoms with E-state index in [4.69, 9.17) is 16.5 Å². The lowest BCUT2D eigenvalue weighted by Crippen LogP contribution is -2.71. The average Bonchev–Trinajstić information content (AvgIpc) is 2.36. The molecule has 0 aromatic carbocycles. The van der Waals surface area contributed by atoms with Gasteiger partial charge in [0, 0.05) is 0 Å². The molecule has 1 heterocycles. The number of hydrogen-bond donors (Lipinski definition) is 4. The summed E-state index contributed by atoms with van der Waals surface area (Å²) in [6, 6.07) is 0. The predicted molar refractivity (Wildman–Crippen MR) is 79.2 cm³/mol. The first-order valence-corrected chi connectivity index (χ1v) is 16.4. The first-order valence-electron chi connectivity index (χ1n) is 6.31. The van der Waals surface area contributed by atoms with E-state index in [-0.39, 0.29) is 24.9 Å². The zero-order valence-corrected chi connectivity index (χ0v) is 16.3. The smallest absolute Gasteiger partial charge is 0.343 e. The fourth-order valence-corrected chi connectivity index (χ4v) is 21.0. The molecule has 12 heteroatoms. The van der Waals surface area contributed by atoms with Gasteiger partial charge < -0.3 is 36.9 Å². The highest BCUT2D eigenvalue weighted by Gasteiger charge is 2.56. The van der Waals surface area contributed by atoms with Gasteiger partial charge in [-0.2, -0.15) is 0 Å². The first-order chi connectivity index (χ1) is 9.07. The van der Waals surface area contributed by atoms with E-state index >= 15 is 0 Å². The van der Waals surface area contributed by atoms with Gasteiger partial charge in [0.15, 0.2) is 0 Å². The van der Waals surface area contributed by atoms with Gasteiger partial charge in [0.25, 0.3) is 0 Å². The minimum atomic E-state index is -3.03. The Morgan fingerprint density at radius 2 is 0.650 bits per heavy atom. The molecule has 0 saturated carbocycles. The molecule has 0 atom stereocenters. The molecule has 0 spiro atoms. The quantitative estimate of drug-likeness (QED) is 0.447. The lowest BCUT2D eigenvalue weighted by Gasteiger charge is -2.48. The lowest BCUT2D eigenvalue weighted by molar-refractivity contribution is 0.156. The summed E-state index contributed by atoms with van der Waals surface area (Å²) in [4.78, 5) is 0. The van der Waals surface area contributed by atoms with Crippen LogP contribution in [0.5, 0.6) is 0 Å². The molecule has 20 heavy (non-hydrogen) atoms. The molecular weight excluding hydrogens is 336 g/mol. The highest BCUT2D eigenvalue weighted by Crippen LogP contribution is 2.29. The molecule has 1 fully saturated rings. The van der Waals surface area contributed by atoms with E-state index in [9.17, 15) is 20.4 Å². The van der Waals surface area contributed by atoms with Crippen LogP contribution in [-0.2, 0) is 16.5 Å². The first kappa shape index (κ1) is 18.6. The molecule has 0 aromatic rings.